The smallest absolute Gasteiger partial charge is 0.288 e. The third kappa shape index (κ3) is 4.24. The summed E-state index contributed by atoms with van der Waals surface area (Å²) in [5.74, 6) is 0.842. The molecule has 0 radical (unpaired) electrons. The Labute approximate surface area is 160 Å². The highest BCUT2D eigenvalue weighted by Gasteiger charge is 2.28. The minimum Gasteiger partial charge on any atom is -0.355 e. The number of pyridine rings is 1. The number of carbonyl (C=O) groups is 1. The van der Waals surface area contributed by atoms with Gasteiger partial charge in [-0.1, -0.05) is 6.92 Å². The van der Waals surface area contributed by atoms with Crippen LogP contribution in [-0.4, -0.2) is 47.0 Å². The van der Waals surface area contributed by atoms with Gasteiger partial charge in [0.1, 0.15) is 5.82 Å². The molecular weight excluding hydrogens is 340 g/mol. The maximum atomic E-state index is 12.0. The molecule has 7 heteroatoms. The van der Waals surface area contributed by atoms with Gasteiger partial charge in [0.05, 0.1) is 0 Å². The molecule has 1 amide bonds. The molecule has 7 nitrogen and oxygen atoms in total. The quantitative estimate of drug-likeness (QED) is 0.813. The number of amides is 1. The van der Waals surface area contributed by atoms with E-state index in [2.05, 4.69) is 49.5 Å². The van der Waals surface area contributed by atoms with E-state index in [-0.39, 0.29) is 11.7 Å². The molecule has 1 aliphatic heterocycles. The number of aryl methyl sites for hydroxylation is 1. The minimum atomic E-state index is -0.253. The lowest BCUT2D eigenvalue weighted by molar-refractivity contribution is 0.0952. The van der Waals surface area contributed by atoms with Gasteiger partial charge in [0.2, 0.25) is 5.82 Å². The Morgan fingerprint density at radius 2 is 2.04 bits per heavy atom. The van der Waals surface area contributed by atoms with Gasteiger partial charge in [-0.3, -0.25) is 9.78 Å². The van der Waals surface area contributed by atoms with Crippen molar-refractivity contribution in [2.24, 2.45) is 0 Å². The highest BCUT2D eigenvalue weighted by Crippen LogP contribution is 2.26. The van der Waals surface area contributed by atoms with E-state index in [1.807, 2.05) is 26.2 Å². The van der Waals surface area contributed by atoms with Crippen molar-refractivity contribution in [3.05, 3.63) is 47.2 Å². The molecule has 2 N–H and O–H groups in total. The van der Waals surface area contributed by atoms with Crippen molar-refractivity contribution in [1.29, 1.82) is 0 Å². The van der Waals surface area contributed by atoms with Crippen molar-refractivity contribution in [3.63, 3.8) is 0 Å². The van der Waals surface area contributed by atoms with Crippen LogP contribution < -0.4 is 15.5 Å². The van der Waals surface area contributed by atoms with Crippen LogP contribution in [0.15, 0.2) is 24.5 Å². The molecule has 1 saturated heterocycles. The second kappa shape index (κ2) is 8.43. The number of nitrogens with zero attached hydrogens (tertiary/aromatic N) is 4. The first-order valence-electron chi connectivity index (χ1n) is 9.51. The summed E-state index contributed by atoms with van der Waals surface area (Å²) in [5, 5.41) is 6.38. The van der Waals surface area contributed by atoms with Crippen LogP contribution in [0.25, 0.3) is 0 Å². The van der Waals surface area contributed by atoms with Crippen molar-refractivity contribution >= 4 is 11.7 Å². The Hall–Kier alpha value is -2.54. The molecule has 3 heterocycles. The van der Waals surface area contributed by atoms with E-state index in [0.29, 0.717) is 12.1 Å². The van der Waals surface area contributed by atoms with Gasteiger partial charge in [0, 0.05) is 55.9 Å². The van der Waals surface area contributed by atoms with E-state index in [4.69, 9.17) is 0 Å². The van der Waals surface area contributed by atoms with Crippen LogP contribution >= 0.6 is 0 Å². The monoisotopic (exact) mass is 368 g/mol. The average Bonchev–Trinajstić information content (AvgIpc) is 3.16. The Morgan fingerprint density at radius 3 is 2.70 bits per heavy atom. The number of rotatable bonds is 6. The number of hydrogen-bond donors (Lipinski definition) is 2. The van der Waals surface area contributed by atoms with E-state index >= 15 is 0 Å². The normalized spacial score (nSPS) is 17.8. The summed E-state index contributed by atoms with van der Waals surface area (Å²) in [6.07, 6.45) is 5.74. The predicted octanol–water partition coefficient (Wildman–Crippen LogP) is 2.17. The maximum absolute atomic E-state index is 12.0. The van der Waals surface area contributed by atoms with Crippen LogP contribution in [-0.2, 0) is 0 Å². The Kier molecular flexibility index (Phi) is 6.01. The molecule has 27 heavy (non-hydrogen) atoms. The number of hydrogen-bond acceptors (Lipinski definition) is 6. The molecule has 2 atom stereocenters. The predicted molar refractivity (Wildman–Crippen MR) is 106 cm³/mol. The fourth-order valence-electron chi connectivity index (χ4n) is 3.55. The summed E-state index contributed by atoms with van der Waals surface area (Å²) in [6.45, 7) is 7.92. The van der Waals surface area contributed by atoms with E-state index in [1.54, 1.807) is 7.05 Å². The topological polar surface area (TPSA) is 83.0 Å². The van der Waals surface area contributed by atoms with E-state index in [0.717, 1.165) is 43.0 Å². The lowest BCUT2D eigenvalue weighted by Gasteiger charge is -2.24. The van der Waals surface area contributed by atoms with Gasteiger partial charge in [0.15, 0.2) is 0 Å². The number of nitrogens with one attached hydrogen (secondary N) is 2. The second-order valence-corrected chi connectivity index (χ2v) is 7.00. The van der Waals surface area contributed by atoms with Crippen molar-refractivity contribution < 1.29 is 4.79 Å². The van der Waals surface area contributed by atoms with Crippen LogP contribution in [0, 0.1) is 13.8 Å². The first-order chi connectivity index (χ1) is 13.0. The summed E-state index contributed by atoms with van der Waals surface area (Å²) in [5.41, 5.74) is 3.14. The molecule has 1 fully saturated rings. The molecule has 2 aromatic heterocycles. The summed E-state index contributed by atoms with van der Waals surface area (Å²) in [7, 11) is 1.60. The maximum Gasteiger partial charge on any atom is 0.288 e. The molecule has 2 aromatic rings. The summed E-state index contributed by atoms with van der Waals surface area (Å²) < 4.78 is 0. The summed E-state index contributed by atoms with van der Waals surface area (Å²) in [6, 6.07) is 4.83. The van der Waals surface area contributed by atoms with Crippen LogP contribution in [0.5, 0.6) is 0 Å². The second-order valence-electron chi connectivity index (χ2n) is 7.00. The number of carbonyl (C=O) groups excluding carboxylic acids is 1. The molecular formula is C20H28N6O. The fourth-order valence-corrected chi connectivity index (χ4v) is 3.55. The minimum absolute atomic E-state index is 0.232. The third-order valence-electron chi connectivity index (χ3n) is 5.24. The van der Waals surface area contributed by atoms with Crippen molar-refractivity contribution in [3.8, 4) is 0 Å². The van der Waals surface area contributed by atoms with Gasteiger partial charge in [-0.25, -0.2) is 9.97 Å². The Balaban J connectivity index is 1.74. The molecule has 1 aliphatic rings. The fraction of sp³-hybridized carbons (Fsp3) is 0.500. The zero-order valence-corrected chi connectivity index (χ0v) is 16.5. The Bertz CT molecular complexity index is 795. The van der Waals surface area contributed by atoms with Crippen molar-refractivity contribution in [2.45, 2.75) is 45.7 Å². The number of anilines is 1. The largest absolute Gasteiger partial charge is 0.355 e. The van der Waals surface area contributed by atoms with Gasteiger partial charge in [-0.2, -0.15) is 0 Å². The molecule has 0 saturated carbocycles. The van der Waals surface area contributed by atoms with E-state index in [1.165, 1.54) is 5.56 Å². The molecule has 3 rings (SSSR count). The zero-order valence-electron chi connectivity index (χ0n) is 16.5. The third-order valence-corrected chi connectivity index (χ3v) is 5.24. The molecule has 0 aromatic carbocycles. The number of aromatic nitrogens is 3. The van der Waals surface area contributed by atoms with Crippen molar-refractivity contribution in [1.82, 2.24) is 25.6 Å². The van der Waals surface area contributed by atoms with E-state index < -0.39 is 0 Å². The highest BCUT2D eigenvalue weighted by atomic mass is 16.2. The first kappa shape index (κ1) is 19.2. The van der Waals surface area contributed by atoms with Gasteiger partial charge < -0.3 is 15.5 Å². The molecule has 0 bridgehead atoms. The highest BCUT2D eigenvalue weighted by molar-refractivity contribution is 5.90. The molecule has 0 aliphatic carbocycles. The standard InChI is InChI=1S/C20H28N6O/c1-5-17(15-6-9-22-10-7-15)24-16-8-11-26(12-16)19-13(2)14(3)23-18(25-19)20(27)21-4/h6-7,9-10,16-17,24H,5,8,11-12H2,1-4H3,(H,21,27)/t16-,17?/m1/s1. The average molecular weight is 368 g/mol. The van der Waals surface area contributed by atoms with Gasteiger partial charge in [0.25, 0.3) is 5.91 Å². The zero-order chi connectivity index (χ0) is 19.4. The van der Waals surface area contributed by atoms with E-state index in [9.17, 15) is 4.79 Å². The van der Waals surface area contributed by atoms with Gasteiger partial charge in [-0.15, -0.1) is 0 Å². The SMILES string of the molecule is CCC(N[C@@H]1CCN(c2nc(C(=O)NC)nc(C)c2C)C1)c1ccncc1. The van der Waals surface area contributed by atoms with Crippen LogP contribution in [0.2, 0.25) is 0 Å². The Morgan fingerprint density at radius 1 is 1.30 bits per heavy atom. The first-order valence-corrected chi connectivity index (χ1v) is 9.51. The van der Waals surface area contributed by atoms with Crippen molar-refractivity contribution in [2.75, 3.05) is 25.0 Å². The molecule has 144 valence electrons. The lowest BCUT2D eigenvalue weighted by Crippen LogP contribution is -2.36. The van der Waals surface area contributed by atoms with Crippen LogP contribution in [0.4, 0.5) is 5.82 Å². The van der Waals surface area contributed by atoms with Gasteiger partial charge in [-0.05, 0) is 44.4 Å². The lowest BCUT2D eigenvalue weighted by atomic mass is 10.0. The summed E-state index contributed by atoms with van der Waals surface area (Å²) in [4.78, 5) is 27.2. The van der Waals surface area contributed by atoms with Crippen LogP contribution in [0.1, 0.15) is 53.2 Å². The summed E-state index contributed by atoms with van der Waals surface area (Å²) >= 11 is 0. The van der Waals surface area contributed by atoms with Gasteiger partial charge >= 0.3 is 0 Å². The van der Waals surface area contributed by atoms with Crippen LogP contribution in [0.3, 0.4) is 0 Å². The molecule has 0 spiro atoms. The molecule has 1 unspecified atom stereocenters.